The van der Waals surface area contributed by atoms with Gasteiger partial charge in [-0.2, -0.15) is 0 Å². The smallest absolute Gasteiger partial charge is 0.462 e. The van der Waals surface area contributed by atoms with Gasteiger partial charge in [-0.3, -0.25) is 37.3 Å². The molecule has 0 spiro atoms. The number of hydrogen-bond acceptors (Lipinski definition) is 15. The van der Waals surface area contributed by atoms with Crippen molar-refractivity contribution in [2.24, 2.45) is 11.8 Å². The molecule has 582 valence electrons. The molecule has 0 aromatic carbocycles. The van der Waals surface area contributed by atoms with Crippen LogP contribution in [0.5, 0.6) is 0 Å². The molecule has 4 unspecified atom stereocenters. The van der Waals surface area contributed by atoms with Crippen molar-refractivity contribution in [1.29, 1.82) is 0 Å². The van der Waals surface area contributed by atoms with Gasteiger partial charge in [0.2, 0.25) is 0 Å². The lowest BCUT2D eigenvalue weighted by molar-refractivity contribution is -0.161. The second kappa shape index (κ2) is 70.7. The van der Waals surface area contributed by atoms with Crippen LogP contribution in [0, 0.1) is 11.8 Å². The fourth-order valence-electron chi connectivity index (χ4n) is 12.1. The van der Waals surface area contributed by atoms with E-state index in [4.69, 9.17) is 37.0 Å². The molecule has 0 aromatic heterocycles. The first-order valence-electron chi connectivity index (χ1n) is 41.1. The third-order valence-corrected chi connectivity index (χ3v) is 21.1. The van der Waals surface area contributed by atoms with Gasteiger partial charge in [0.1, 0.15) is 19.3 Å². The summed E-state index contributed by atoms with van der Waals surface area (Å²) >= 11 is 0. The fraction of sp³-hybridized carbons (Fsp3) is 0.949. The maximum atomic E-state index is 13.1. The van der Waals surface area contributed by atoms with Crippen molar-refractivity contribution in [3.05, 3.63) is 0 Å². The Morgan fingerprint density at radius 3 is 0.724 bits per heavy atom. The summed E-state index contributed by atoms with van der Waals surface area (Å²) in [4.78, 5) is 72.5. The summed E-state index contributed by atoms with van der Waals surface area (Å²) < 4.78 is 68.3. The van der Waals surface area contributed by atoms with E-state index in [1.54, 1.807) is 0 Å². The maximum Gasteiger partial charge on any atom is 0.472 e. The molecular formula is C79H154O17P2. The minimum atomic E-state index is -4.96. The number of phosphoric ester groups is 2. The number of phosphoric acid groups is 2. The van der Waals surface area contributed by atoms with Gasteiger partial charge in [-0.25, -0.2) is 9.13 Å². The fourth-order valence-corrected chi connectivity index (χ4v) is 13.7. The number of aliphatic hydroxyl groups is 1. The second-order valence-electron chi connectivity index (χ2n) is 28.9. The molecule has 0 aliphatic rings. The Morgan fingerprint density at radius 1 is 0.286 bits per heavy atom. The summed E-state index contributed by atoms with van der Waals surface area (Å²) in [5.41, 5.74) is 0. The topological polar surface area (TPSA) is 237 Å². The number of unbranched alkanes of at least 4 members (excludes halogenated alkanes) is 46. The zero-order valence-corrected chi connectivity index (χ0v) is 65.9. The van der Waals surface area contributed by atoms with E-state index in [2.05, 4.69) is 41.5 Å². The average molecular weight is 1440 g/mol. The summed E-state index contributed by atoms with van der Waals surface area (Å²) in [6, 6.07) is 0. The first-order valence-corrected chi connectivity index (χ1v) is 44.1. The highest BCUT2D eigenvalue weighted by atomic mass is 31.2. The number of carbonyl (C=O) groups is 4. The summed E-state index contributed by atoms with van der Waals surface area (Å²) in [5, 5.41) is 10.6. The van der Waals surface area contributed by atoms with Gasteiger partial charge in [0.25, 0.3) is 0 Å². The predicted molar refractivity (Wildman–Crippen MR) is 400 cm³/mol. The van der Waals surface area contributed by atoms with Gasteiger partial charge in [0, 0.05) is 25.7 Å². The highest BCUT2D eigenvalue weighted by molar-refractivity contribution is 7.47. The largest absolute Gasteiger partial charge is 0.472 e. The lowest BCUT2D eigenvalue weighted by atomic mass is 9.99. The minimum Gasteiger partial charge on any atom is -0.462 e. The number of hydrogen-bond donors (Lipinski definition) is 3. The van der Waals surface area contributed by atoms with Crippen LogP contribution < -0.4 is 0 Å². The van der Waals surface area contributed by atoms with Crippen molar-refractivity contribution in [3.63, 3.8) is 0 Å². The van der Waals surface area contributed by atoms with Crippen LogP contribution in [0.2, 0.25) is 0 Å². The Balaban J connectivity index is 5.07. The van der Waals surface area contributed by atoms with Gasteiger partial charge in [0.05, 0.1) is 26.4 Å². The van der Waals surface area contributed by atoms with Crippen LogP contribution in [-0.2, 0) is 65.4 Å². The van der Waals surface area contributed by atoms with Gasteiger partial charge >= 0.3 is 39.5 Å². The number of carbonyl (C=O) groups excluding carboxylic acids is 4. The van der Waals surface area contributed by atoms with Gasteiger partial charge < -0.3 is 33.8 Å². The second-order valence-corrected chi connectivity index (χ2v) is 31.8. The molecule has 0 saturated carbocycles. The highest BCUT2D eigenvalue weighted by Gasteiger charge is 2.30. The van der Waals surface area contributed by atoms with Crippen LogP contribution >= 0.6 is 15.6 Å². The summed E-state index contributed by atoms with van der Waals surface area (Å²) in [6.07, 6.45) is 60.3. The van der Waals surface area contributed by atoms with Crippen LogP contribution in [-0.4, -0.2) is 96.7 Å². The molecule has 17 nitrogen and oxygen atoms in total. The molecule has 0 aromatic rings. The Hall–Kier alpha value is -1.94. The zero-order valence-electron chi connectivity index (χ0n) is 64.1. The van der Waals surface area contributed by atoms with Crippen molar-refractivity contribution >= 4 is 39.5 Å². The van der Waals surface area contributed by atoms with Crippen molar-refractivity contribution in [2.45, 2.75) is 432 Å². The number of rotatable bonds is 78. The van der Waals surface area contributed by atoms with E-state index in [0.29, 0.717) is 25.7 Å². The molecule has 7 atom stereocenters. The quantitative estimate of drug-likeness (QED) is 0.0222. The molecule has 0 saturated heterocycles. The summed E-state index contributed by atoms with van der Waals surface area (Å²) in [5.74, 6) is -0.382. The van der Waals surface area contributed by atoms with E-state index in [1.807, 2.05) is 0 Å². The normalized spacial score (nSPS) is 14.5. The van der Waals surface area contributed by atoms with E-state index >= 15 is 0 Å². The van der Waals surface area contributed by atoms with Crippen molar-refractivity contribution in [3.8, 4) is 0 Å². The molecule has 0 heterocycles. The van der Waals surface area contributed by atoms with Gasteiger partial charge in [-0.05, 0) is 37.5 Å². The Kier molecular flexibility index (Phi) is 69.3. The minimum absolute atomic E-state index is 0.105. The Morgan fingerprint density at radius 2 is 0.490 bits per heavy atom. The molecule has 0 aliphatic carbocycles. The molecule has 3 N–H and O–H groups in total. The lowest BCUT2D eigenvalue weighted by Gasteiger charge is -2.21. The molecular weight excluding hydrogens is 1280 g/mol. The molecule has 0 radical (unpaired) electrons. The standard InChI is InChI=1S/C79H154O17P2/c1-7-11-13-15-16-37-45-51-57-63-78(83)95-74(67-89-76(81)61-55-47-14-12-8-2)69-93-97(85,86)91-65-73(80)66-92-98(87,88)94-70-75(96-79(84)64-58-52-46-41-36-32-28-24-20-18-22-26-30-34-39-43-49-54-60-72(6)10-4)68-90-77(82)62-56-50-44-40-35-31-27-23-19-17-21-25-29-33-38-42-48-53-59-71(5)9-3/h71-75,80H,7-70H2,1-6H3,(H,85,86)(H,87,88)/t71?,72?,73-,74+,75+/m0/s1. The Labute approximate surface area is 600 Å². The monoisotopic (exact) mass is 1440 g/mol. The van der Waals surface area contributed by atoms with Crippen molar-refractivity contribution in [2.75, 3.05) is 39.6 Å². The van der Waals surface area contributed by atoms with Crippen LogP contribution in [0.3, 0.4) is 0 Å². The lowest BCUT2D eigenvalue weighted by Crippen LogP contribution is -2.30. The molecule has 0 fully saturated rings. The molecule has 0 amide bonds. The first kappa shape index (κ1) is 96.1. The van der Waals surface area contributed by atoms with E-state index in [1.165, 1.54) is 225 Å². The Bertz CT molecular complexity index is 1890. The number of ether oxygens (including phenoxy) is 4. The number of esters is 4. The van der Waals surface area contributed by atoms with Crippen molar-refractivity contribution < 1.29 is 80.2 Å². The van der Waals surface area contributed by atoms with E-state index in [-0.39, 0.29) is 25.7 Å². The van der Waals surface area contributed by atoms with E-state index in [0.717, 1.165) is 108 Å². The SMILES string of the molecule is CCCCCCCCCCCC(=O)O[C@H](COC(=O)CCCCCCC)COP(=O)(O)OC[C@H](O)COP(=O)(O)OC[C@@H](COC(=O)CCCCCCCCCCCCCCCCCCCCC(C)CC)OC(=O)CCCCCCCCCCCCCCCCCCCCC(C)CC. The van der Waals surface area contributed by atoms with Crippen LogP contribution in [0.15, 0.2) is 0 Å². The molecule has 19 heteroatoms. The molecule has 98 heavy (non-hydrogen) atoms. The first-order chi connectivity index (χ1) is 47.4. The van der Waals surface area contributed by atoms with Gasteiger partial charge in [0.15, 0.2) is 12.2 Å². The third-order valence-electron chi connectivity index (χ3n) is 19.2. The molecule has 0 bridgehead atoms. The maximum absolute atomic E-state index is 13.1. The number of aliphatic hydroxyl groups excluding tert-OH is 1. The highest BCUT2D eigenvalue weighted by Crippen LogP contribution is 2.45. The van der Waals surface area contributed by atoms with Crippen LogP contribution in [0.25, 0.3) is 0 Å². The predicted octanol–water partition coefficient (Wildman–Crippen LogP) is 23.5. The summed E-state index contributed by atoms with van der Waals surface area (Å²) in [7, 11) is -9.90. The van der Waals surface area contributed by atoms with E-state index in [9.17, 15) is 43.2 Å². The van der Waals surface area contributed by atoms with Crippen LogP contribution in [0.4, 0.5) is 0 Å². The zero-order chi connectivity index (χ0) is 72.1. The van der Waals surface area contributed by atoms with Crippen molar-refractivity contribution in [1.82, 2.24) is 0 Å². The molecule has 0 rings (SSSR count). The van der Waals surface area contributed by atoms with E-state index < -0.39 is 97.5 Å². The third kappa shape index (κ3) is 69.8. The van der Waals surface area contributed by atoms with Crippen LogP contribution in [0.1, 0.15) is 414 Å². The average Bonchev–Trinajstić information content (AvgIpc) is 1.16. The molecule has 0 aliphatic heterocycles. The van der Waals surface area contributed by atoms with Gasteiger partial charge in [-0.1, -0.05) is 363 Å². The van der Waals surface area contributed by atoms with Gasteiger partial charge in [-0.15, -0.1) is 0 Å². The summed E-state index contributed by atoms with van der Waals surface area (Å²) in [6.45, 7) is 9.63.